The molecular formula is C18H15ClFN5S. The summed E-state index contributed by atoms with van der Waals surface area (Å²) in [4.78, 5) is 16.0. The van der Waals surface area contributed by atoms with Crippen molar-refractivity contribution in [2.75, 3.05) is 11.9 Å². The van der Waals surface area contributed by atoms with Gasteiger partial charge in [-0.3, -0.25) is 9.97 Å². The zero-order chi connectivity index (χ0) is 18.1. The summed E-state index contributed by atoms with van der Waals surface area (Å²) in [5, 5.41) is 3.04. The third-order valence-corrected chi connectivity index (χ3v) is 5.61. The number of anilines is 2. The van der Waals surface area contributed by atoms with E-state index in [-0.39, 0.29) is 11.2 Å². The van der Waals surface area contributed by atoms with Gasteiger partial charge < -0.3 is 10.2 Å². The molecule has 3 heterocycles. The van der Waals surface area contributed by atoms with Crippen LogP contribution >= 0.6 is 23.4 Å². The number of nitrogens with one attached hydrogen (secondary N) is 1. The molecule has 0 aliphatic carbocycles. The summed E-state index contributed by atoms with van der Waals surface area (Å²) in [6.07, 6.45) is 6.89. The number of hydrogen-bond acceptors (Lipinski definition) is 6. The minimum atomic E-state index is -0.382. The molecule has 0 bridgehead atoms. The van der Waals surface area contributed by atoms with Crippen molar-refractivity contribution in [2.24, 2.45) is 0 Å². The van der Waals surface area contributed by atoms with Gasteiger partial charge >= 0.3 is 0 Å². The Morgan fingerprint density at radius 3 is 2.85 bits per heavy atom. The molecule has 132 valence electrons. The summed E-state index contributed by atoms with van der Waals surface area (Å²) in [6.45, 7) is 0.630. The van der Waals surface area contributed by atoms with Gasteiger partial charge in [0.15, 0.2) is 5.82 Å². The number of rotatable bonds is 4. The molecule has 3 aromatic rings. The normalized spacial score (nSPS) is 16.0. The van der Waals surface area contributed by atoms with E-state index in [0.717, 1.165) is 16.3 Å². The van der Waals surface area contributed by atoms with Crippen molar-refractivity contribution in [3.8, 4) is 0 Å². The standard InChI is InChI=1S/C18H15ClFN5S/c1-21-7-11-8-24-16(10-23-11)25-14-5-6-22-9-15(14)26-18(25)17-12(19)3-2-4-13(17)20/h2-6,8-10,18,21H,7H2,1H3. The second-order valence-electron chi connectivity index (χ2n) is 5.72. The molecule has 5 nitrogen and oxygen atoms in total. The Morgan fingerprint density at radius 2 is 2.12 bits per heavy atom. The second kappa shape index (κ2) is 7.19. The monoisotopic (exact) mass is 387 g/mol. The van der Waals surface area contributed by atoms with Crippen molar-refractivity contribution < 1.29 is 4.39 Å². The van der Waals surface area contributed by atoms with Crippen LogP contribution in [0.1, 0.15) is 16.6 Å². The summed E-state index contributed by atoms with van der Waals surface area (Å²) >= 11 is 7.83. The number of hydrogen-bond donors (Lipinski definition) is 1. The molecule has 1 aliphatic rings. The number of aromatic nitrogens is 3. The molecular weight excluding hydrogens is 373 g/mol. The molecule has 1 unspecified atom stereocenters. The summed E-state index contributed by atoms with van der Waals surface area (Å²) in [6, 6.07) is 6.61. The van der Waals surface area contributed by atoms with Crippen LogP contribution in [0.4, 0.5) is 15.9 Å². The Kier molecular flexibility index (Phi) is 4.76. The molecule has 0 saturated carbocycles. The molecule has 0 spiro atoms. The van der Waals surface area contributed by atoms with Crippen molar-refractivity contribution >= 4 is 34.9 Å². The van der Waals surface area contributed by atoms with Crippen LogP contribution in [-0.4, -0.2) is 22.0 Å². The van der Waals surface area contributed by atoms with Gasteiger partial charge in [-0.15, -0.1) is 0 Å². The quantitative estimate of drug-likeness (QED) is 0.719. The summed E-state index contributed by atoms with van der Waals surface area (Å²) in [5.41, 5.74) is 2.17. The predicted molar refractivity (Wildman–Crippen MR) is 101 cm³/mol. The van der Waals surface area contributed by atoms with E-state index < -0.39 is 0 Å². The van der Waals surface area contributed by atoms with Crippen molar-refractivity contribution in [1.82, 2.24) is 20.3 Å². The van der Waals surface area contributed by atoms with E-state index in [2.05, 4.69) is 20.3 Å². The molecule has 0 amide bonds. The first-order valence-electron chi connectivity index (χ1n) is 7.98. The summed E-state index contributed by atoms with van der Waals surface area (Å²) < 4.78 is 14.6. The first-order valence-corrected chi connectivity index (χ1v) is 9.24. The van der Waals surface area contributed by atoms with Crippen LogP contribution in [0.2, 0.25) is 5.02 Å². The fourth-order valence-corrected chi connectivity index (χ4v) is 4.55. The molecule has 0 radical (unpaired) electrons. The molecule has 0 fully saturated rings. The minimum absolute atomic E-state index is 0.347. The van der Waals surface area contributed by atoms with Crippen molar-refractivity contribution in [1.29, 1.82) is 0 Å². The summed E-state index contributed by atoms with van der Waals surface area (Å²) in [7, 11) is 1.85. The fraction of sp³-hybridized carbons (Fsp3) is 0.167. The molecule has 1 atom stereocenters. The van der Waals surface area contributed by atoms with Gasteiger partial charge in [-0.2, -0.15) is 0 Å². The van der Waals surface area contributed by atoms with E-state index in [0.29, 0.717) is 22.9 Å². The topological polar surface area (TPSA) is 53.9 Å². The maximum Gasteiger partial charge on any atom is 0.152 e. The highest BCUT2D eigenvalue weighted by Gasteiger charge is 2.36. The van der Waals surface area contributed by atoms with Gasteiger partial charge in [-0.25, -0.2) is 9.37 Å². The third-order valence-electron chi connectivity index (χ3n) is 4.04. The van der Waals surface area contributed by atoms with Gasteiger partial charge in [0, 0.05) is 29.5 Å². The molecule has 4 rings (SSSR count). The lowest BCUT2D eigenvalue weighted by Gasteiger charge is -2.26. The van der Waals surface area contributed by atoms with Crippen LogP contribution < -0.4 is 10.2 Å². The van der Waals surface area contributed by atoms with Crippen LogP contribution in [0.3, 0.4) is 0 Å². The smallest absolute Gasteiger partial charge is 0.152 e. The Hall–Kier alpha value is -2.22. The second-order valence-corrected chi connectivity index (χ2v) is 7.24. The molecule has 26 heavy (non-hydrogen) atoms. The van der Waals surface area contributed by atoms with E-state index in [9.17, 15) is 4.39 Å². The third kappa shape index (κ3) is 3.02. The highest BCUT2D eigenvalue weighted by Crippen LogP contribution is 2.55. The molecule has 1 aromatic carbocycles. The average molecular weight is 388 g/mol. The van der Waals surface area contributed by atoms with Gasteiger partial charge in [-0.1, -0.05) is 29.4 Å². The molecule has 0 saturated heterocycles. The minimum Gasteiger partial charge on any atom is -0.314 e. The maximum absolute atomic E-state index is 14.6. The Morgan fingerprint density at radius 1 is 1.23 bits per heavy atom. The number of benzene rings is 1. The Labute approximate surface area is 159 Å². The van der Waals surface area contributed by atoms with Gasteiger partial charge in [0.25, 0.3) is 0 Å². The predicted octanol–water partition coefficient (Wildman–Crippen LogP) is 4.33. The largest absolute Gasteiger partial charge is 0.314 e. The van der Waals surface area contributed by atoms with Crippen molar-refractivity contribution in [3.05, 3.63) is 71.2 Å². The Balaban J connectivity index is 1.82. The zero-order valence-electron chi connectivity index (χ0n) is 13.9. The SMILES string of the molecule is CNCc1cnc(N2c3ccncc3SC2c2c(F)cccc2Cl)cn1. The highest BCUT2D eigenvalue weighted by molar-refractivity contribution is 8.00. The first kappa shape index (κ1) is 17.2. The maximum atomic E-state index is 14.6. The lowest BCUT2D eigenvalue weighted by Crippen LogP contribution is -2.20. The van der Waals surface area contributed by atoms with Gasteiger partial charge in [-0.05, 0) is 25.2 Å². The van der Waals surface area contributed by atoms with E-state index in [1.807, 2.05) is 18.0 Å². The van der Waals surface area contributed by atoms with Gasteiger partial charge in [0.1, 0.15) is 11.2 Å². The van der Waals surface area contributed by atoms with Gasteiger partial charge in [0.2, 0.25) is 0 Å². The highest BCUT2D eigenvalue weighted by atomic mass is 35.5. The molecule has 8 heteroatoms. The molecule has 2 aromatic heterocycles. The van der Waals surface area contributed by atoms with Crippen LogP contribution in [-0.2, 0) is 6.54 Å². The van der Waals surface area contributed by atoms with E-state index in [4.69, 9.17) is 11.6 Å². The molecule has 1 N–H and O–H groups in total. The van der Waals surface area contributed by atoms with Gasteiger partial charge in [0.05, 0.1) is 28.7 Å². The van der Waals surface area contributed by atoms with Crippen molar-refractivity contribution in [3.63, 3.8) is 0 Å². The summed E-state index contributed by atoms with van der Waals surface area (Å²) in [5.74, 6) is 0.284. The van der Waals surface area contributed by atoms with Crippen LogP contribution in [0.25, 0.3) is 0 Å². The first-order chi connectivity index (χ1) is 12.7. The van der Waals surface area contributed by atoms with Crippen molar-refractivity contribution in [2.45, 2.75) is 16.8 Å². The molecule has 1 aliphatic heterocycles. The zero-order valence-corrected chi connectivity index (χ0v) is 15.4. The number of fused-ring (bicyclic) bond motifs is 1. The lowest BCUT2D eigenvalue weighted by molar-refractivity contribution is 0.608. The average Bonchev–Trinajstić information content (AvgIpc) is 3.01. The number of pyridine rings is 1. The van der Waals surface area contributed by atoms with E-state index >= 15 is 0 Å². The number of nitrogens with zero attached hydrogens (tertiary/aromatic N) is 4. The van der Waals surface area contributed by atoms with E-state index in [1.54, 1.807) is 36.9 Å². The fourth-order valence-electron chi connectivity index (χ4n) is 2.88. The van der Waals surface area contributed by atoms with Crippen LogP contribution in [0.5, 0.6) is 0 Å². The van der Waals surface area contributed by atoms with E-state index in [1.165, 1.54) is 17.8 Å². The Bertz CT molecular complexity index is 917. The van der Waals surface area contributed by atoms with Crippen LogP contribution in [0.15, 0.2) is 53.9 Å². The number of thioether (sulfide) groups is 1. The number of halogens is 2. The lowest BCUT2D eigenvalue weighted by atomic mass is 10.2. The van der Waals surface area contributed by atoms with Crippen LogP contribution in [0, 0.1) is 5.82 Å².